The maximum absolute atomic E-state index is 14.6. The van der Waals surface area contributed by atoms with Gasteiger partial charge >= 0.3 is 11.9 Å². The Morgan fingerprint density at radius 1 is 0.968 bits per heavy atom. The Hall–Kier alpha value is -3.03. The largest absolute Gasteiger partial charge is 0.459 e. The quantitative estimate of drug-likeness (QED) is 0.0931. The van der Waals surface area contributed by atoms with E-state index in [1.54, 1.807) is 71.0 Å². The minimum Gasteiger partial charge on any atom is -0.459 e. The molecule has 1 aromatic rings. The van der Waals surface area contributed by atoms with Crippen LogP contribution in [-0.4, -0.2) is 155 Å². The third kappa shape index (κ3) is 11.9. The van der Waals surface area contributed by atoms with Gasteiger partial charge in [0, 0.05) is 37.3 Å². The van der Waals surface area contributed by atoms with Gasteiger partial charge in [-0.3, -0.25) is 4.79 Å². The van der Waals surface area contributed by atoms with Gasteiger partial charge in [-0.15, -0.1) is 6.58 Å². The zero-order valence-electron chi connectivity index (χ0n) is 39.6. The number of cyclic esters (lactones) is 1. The fourth-order valence-corrected chi connectivity index (χ4v) is 9.94. The third-order valence-corrected chi connectivity index (χ3v) is 13.7. The molecule has 0 aliphatic carbocycles. The molecule has 3 heterocycles. The van der Waals surface area contributed by atoms with Crippen molar-refractivity contribution in [3.63, 3.8) is 0 Å². The van der Waals surface area contributed by atoms with Crippen molar-refractivity contribution in [2.45, 2.75) is 179 Å². The van der Waals surface area contributed by atoms with E-state index in [1.807, 2.05) is 46.7 Å². The normalized spacial score (nSPS) is 42.9. The van der Waals surface area contributed by atoms with Gasteiger partial charge in [0.25, 0.3) is 0 Å². The number of likely N-dealkylation sites (N-methyl/N-ethyl adjacent to an activating group) is 1. The molecule has 4 N–H and O–H groups in total. The molecule has 3 aliphatic rings. The Morgan fingerprint density at radius 3 is 2.19 bits per heavy atom. The molecule has 3 saturated heterocycles. The van der Waals surface area contributed by atoms with Gasteiger partial charge < -0.3 is 63.3 Å². The molecule has 0 radical (unpaired) electrons. The molecule has 0 saturated carbocycles. The van der Waals surface area contributed by atoms with E-state index >= 15 is 0 Å². The van der Waals surface area contributed by atoms with E-state index < -0.39 is 108 Å². The maximum Gasteiger partial charge on any atom is 0.338 e. The molecule has 358 valence electrons. The van der Waals surface area contributed by atoms with Crippen molar-refractivity contribution in [1.29, 1.82) is 0 Å². The first-order valence-electron chi connectivity index (χ1n) is 22.3. The Labute approximate surface area is 374 Å². The summed E-state index contributed by atoms with van der Waals surface area (Å²) >= 11 is 0. The van der Waals surface area contributed by atoms with E-state index in [9.17, 15) is 30.1 Å². The number of esters is 2. The lowest BCUT2D eigenvalue weighted by atomic mass is 9.73. The molecular formula is C47H76N2O14. The lowest BCUT2D eigenvalue weighted by Gasteiger charge is -2.50. The van der Waals surface area contributed by atoms with E-state index in [0.717, 1.165) is 0 Å². The van der Waals surface area contributed by atoms with Crippen molar-refractivity contribution >= 4 is 17.7 Å². The molecule has 0 bridgehead atoms. The van der Waals surface area contributed by atoms with Crippen LogP contribution in [0.1, 0.15) is 105 Å². The van der Waals surface area contributed by atoms with Crippen molar-refractivity contribution in [3.8, 4) is 0 Å². The second-order valence-electron chi connectivity index (χ2n) is 18.9. The number of aliphatic hydroxyl groups excluding tert-OH is 2. The third-order valence-electron chi connectivity index (χ3n) is 13.7. The highest BCUT2D eigenvalue weighted by atomic mass is 16.7. The summed E-state index contributed by atoms with van der Waals surface area (Å²) in [5.74, 6) is -4.66. The number of nitrogens with zero attached hydrogens (tertiary/aromatic N) is 2. The van der Waals surface area contributed by atoms with Gasteiger partial charge in [-0.25, -0.2) is 4.79 Å². The monoisotopic (exact) mass is 893 g/mol. The highest BCUT2D eigenvalue weighted by Gasteiger charge is 2.55. The number of carbonyl (C=O) groups is 2. The van der Waals surface area contributed by atoms with Gasteiger partial charge in [0.15, 0.2) is 18.7 Å². The van der Waals surface area contributed by atoms with E-state index in [0.29, 0.717) is 12.0 Å². The molecule has 16 nitrogen and oxygen atoms in total. The van der Waals surface area contributed by atoms with Crippen LogP contribution >= 0.6 is 0 Å². The Morgan fingerprint density at radius 2 is 1.62 bits per heavy atom. The number of rotatable bonds is 12. The van der Waals surface area contributed by atoms with Crippen molar-refractivity contribution < 1.29 is 68.0 Å². The summed E-state index contributed by atoms with van der Waals surface area (Å²) in [5.41, 5.74) is -3.89. The maximum atomic E-state index is 14.6. The van der Waals surface area contributed by atoms with Crippen LogP contribution in [0, 0.1) is 23.7 Å². The first-order chi connectivity index (χ1) is 29.5. The van der Waals surface area contributed by atoms with Crippen LogP contribution in [0.4, 0.5) is 0 Å². The van der Waals surface area contributed by atoms with Gasteiger partial charge in [-0.2, -0.15) is 0 Å². The second kappa shape index (κ2) is 22.0. The standard InChI is InChI=1S/C47H76N2O14/c1-15-22-57-46(10)24-26(3)36(48-55)28(5)39(51)47(11,54)34(16-2)60-42(52)30(7)38(29(6)40(46)63-44-37(50)33(49(12)13)23-27(4)58-44)61-35-25-45(9,56-14)41(31(8)59-35)62-43(53)32-20-18-17-19-21-32/h15,17-21,26-31,33-35,37-41,44,50-51,54-55H,1,16,22-25H2,2-14H3/b48-36+/t26-,27-,28+,29+,30-,31+,33+,34-,35+,37-,38+,39-,40-,41+,44+,45-,46+,47-/m1/s1. The van der Waals surface area contributed by atoms with Crippen LogP contribution in [0.3, 0.4) is 0 Å². The fraction of sp³-hybridized carbons (Fsp3) is 0.766. The minimum atomic E-state index is -1.98. The van der Waals surface area contributed by atoms with E-state index in [-0.39, 0.29) is 43.7 Å². The average molecular weight is 893 g/mol. The highest BCUT2D eigenvalue weighted by Crippen LogP contribution is 2.43. The number of ether oxygens (including phenoxy) is 8. The molecule has 0 spiro atoms. The first kappa shape index (κ1) is 52.6. The number of benzene rings is 1. The van der Waals surface area contributed by atoms with E-state index in [4.69, 9.17) is 37.9 Å². The van der Waals surface area contributed by atoms with Crippen LogP contribution < -0.4 is 0 Å². The smallest absolute Gasteiger partial charge is 0.338 e. The van der Waals surface area contributed by atoms with Gasteiger partial charge in [0.05, 0.1) is 59.9 Å². The lowest BCUT2D eigenvalue weighted by molar-refractivity contribution is -0.319. The van der Waals surface area contributed by atoms with Gasteiger partial charge in [0.2, 0.25) is 0 Å². The molecule has 0 aromatic heterocycles. The van der Waals surface area contributed by atoms with Crippen molar-refractivity contribution in [1.82, 2.24) is 4.90 Å². The Balaban J connectivity index is 1.88. The van der Waals surface area contributed by atoms with Crippen LogP contribution in [0.5, 0.6) is 0 Å². The molecular weight excluding hydrogens is 817 g/mol. The van der Waals surface area contributed by atoms with Gasteiger partial charge in [-0.05, 0) is 87.0 Å². The van der Waals surface area contributed by atoms with Crippen molar-refractivity contribution in [2.24, 2.45) is 28.8 Å². The second-order valence-corrected chi connectivity index (χ2v) is 18.9. The highest BCUT2D eigenvalue weighted by molar-refractivity contribution is 5.89. The summed E-state index contributed by atoms with van der Waals surface area (Å²) in [6.07, 6.45) is -7.59. The van der Waals surface area contributed by atoms with E-state index in [2.05, 4.69) is 11.7 Å². The van der Waals surface area contributed by atoms with Crippen molar-refractivity contribution in [3.05, 3.63) is 48.6 Å². The summed E-state index contributed by atoms with van der Waals surface area (Å²) in [7, 11) is 5.27. The summed E-state index contributed by atoms with van der Waals surface area (Å²) in [5, 5.41) is 49.7. The number of hydrogen-bond donors (Lipinski definition) is 4. The van der Waals surface area contributed by atoms with Gasteiger partial charge in [-0.1, -0.05) is 57.1 Å². The number of carbonyl (C=O) groups excluding carboxylic acids is 2. The van der Waals surface area contributed by atoms with Crippen LogP contribution in [-0.2, 0) is 42.7 Å². The average Bonchev–Trinajstić information content (AvgIpc) is 3.24. The number of methoxy groups -OCH3 is 1. The molecule has 4 rings (SSSR count). The van der Waals surface area contributed by atoms with E-state index in [1.165, 1.54) is 14.0 Å². The SMILES string of the molecule is C=CCO[C@@]1(C)C[C@@H](C)/C(=N\O)[C@H](C)[C@@H](O)[C@](C)(O)[C@@H](CC)OC(=O)[C@H](C)[C@@H](O[C@H]2C[C@@](C)(OC)[C@@H](OC(=O)c3ccccc3)[C@H](C)O2)[C@H](C)[C@H]1O[C@@H]1O[C@H](C)C[C@H](N(C)C)[C@H]1O. The Bertz CT molecular complexity index is 1680. The lowest BCUT2D eigenvalue weighted by Crippen LogP contribution is -2.62. The number of hydrogen-bond acceptors (Lipinski definition) is 16. The zero-order chi connectivity index (χ0) is 47.2. The summed E-state index contributed by atoms with van der Waals surface area (Å²) in [6, 6.07) is 8.29. The van der Waals surface area contributed by atoms with Crippen LogP contribution in [0.15, 0.2) is 48.1 Å². The summed E-state index contributed by atoms with van der Waals surface area (Å²) in [4.78, 5) is 29.8. The molecule has 1 aromatic carbocycles. The van der Waals surface area contributed by atoms with Crippen molar-refractivity contribution in [2.75, 3.05) is 27.8 Å². The molecule has 0 amide bonds. The zero-order valence-corrected chi connectivity index (χ0v) is 39.6. The number of aliphatic hydroxyl groups is 3. The first-order valence-corrected chi connectivity index (χ1v) is 22.3. The van der Waals surface area contributed by atoms with Crippen LogP contribution in [0.25, 0.3) is 0 Å². The predicted octanol–water partition coefficient (Wildman–Crippen LogP) is 5.12. The summed E-state index contributed by atoms with van der Waals surface area (Å²) < 4.78 is 51.7. The number of oxime groups is 1. The predicted molar refractivity (Wildman–Crippen MR) is 234 cm³/mol. The van der Waals surface area contributed by atoms with Crippen LogP contribution in [0.2, 0.25) is 0 Å². The molecule has 16 heteroatoms. The molecule has 3 aliphatic heterocycles. The topological polar surface area (TPSA) is 204 Å². The molecule has 63 heavy (non-hydrogen) atoms. The fourth-order valence-electron chi connectivity index (χ4n) is 9.94. The minimum absolute atomic E-state index is 0.0545. The summed E-state index contributed by atoms with van der Waals surface area (Å²) in [6.45, 7) is 21.3. The molecule has 18 atom stereocenters. The molecule has 3 fully saturated rings. The molecule has 0 unspecified atom stereocenters. The Kier molecular flexibility index (Phi) is 18.3. The van der Waals surface area contributed by atoms with Gasteiger partial charge in [0.1, 0.15) is 23.4 Å².